The Hall–Kier alpha value is -1.10. The van der Waals surface area contributed by atoms with Crippen LogP contribution in [0.2, 0.25) is 0 Å². The molecule has 0 heterocycles. The monoisotopic (exact) mass is 270 g/mol. The molecule has 1 unspecified atom stereocenters. The van der Waals surface area contributed by atoms with E-state index in [-0.39, 0.29) is 24.2 Å². The van der Waals surface area contributed by atoms with Gasteiger partial charge in [-0.3, -0.25) is 9.59 Å². The van der Waals surface area contributed by atoms with Crippen molar-refractivity contribution in [2.75, 3.05) is 6.54 Å². The van der Waals surface area contributed by atoms with E-state index in [4.69, 9.17) is 10.8 Å². The summed E-state index contributed by atoms with van der Waals surface area (Å²) >= 11 is 0. The molecule has 0 bridgehead atoms. The number of carboxylic acid groups (broad SMARTS) is 1. The Morgan fingerprint density at radius 1 is 1.26 bits per heavy atom. The van der Waals surface area contributed by atoms with Gasteiger partial charge in [-0.25, -0.2) is 0 Å². The van der Waals surface area contributed by atoms with Gasteiger partial charge in [0.2, 0.25) is 5.91 Å². The molecule has 110 valence electrons. The lowest BCUT2D eigenvalue weighted by Crippen LogP contribution is -2.54. The van der Waals surface area contributed by atoms with Gasteiger partial charge in [0.05, 0.1) is 17.9 Å². The third kappa shape index (κ3) is 4.49. The smallest absolute Gasteiger partial charge is 0.305 e. The molecule has 0 radical (unpaired) electrons. The van der Waals surface area contributed by atoms with Crippen molar-refractivity contribution in [1.29, 1.82) is 0 Å². The van der Waals surface area contributed by atoms with Gasteiger partial charge in [-0.1, -0.05) is 33.1 Å². The zero-order valence-corrected chi connectivity index (χ0v) is 11.9. The Labute approximate surface area is 114 Å². The third-order valence-electron chi connectivity index (χ3n) is 4.08. The van der Waals surface area contributed by atoms with Gasteiger partial charge in [0, 0.05) is 6.54 Å². The van der Waals surface area contributed by atoms with Gasteiger partial charge in [-0.2, -0.15) is 0 Å². The van der Waals surface area contributed by atoms with Gasteiger partial charge >= 0.3 is 5.97 Å². The van der Waals surface area contributed by atoms with Gasteiger partial charge in [-0.15, -0.1) is 0 Å². The summed E-state index contributed by atoms with van der Waals surface area (Å²) in [7, 11) is 0. The van der Waals surface area contributed by atoms with Crippen molar-refractivity contribution in [3.63, 3.8) is 0 Å². The van der Waals surface area contributed by atoms with E-state index in [2.05, 4.69) is 5.32 Å². The van der Waals surface area contributed by atoms with Crippen molar-refractivity contribution < 1.29 is 14.7 Å². The number of amides is 1. The quantitative estimate of drug-likeness (QED) is 0.682. The summed E-state index contributed by atoms with van der Waals surface area (Å²) in [6.07, 6.45) is 4.57. The van der Waals surface area contributed by atoms with E-state index in [1.54, 1.807) is 0 Å². The Bertz CT molecular complexity index is 323. The van der Waals surface area contributed by atoms with E-state index in [0.29, 0.717) is 6.54 Å². The first-order valence-corrected chi connectivity index (χ1v) is 7.14. The molecule has 0 aromatic heterocycles. The summed E-state index contributed by atoms with van der Waals surface area (Å²) in [6.45, 7) is 4.22. The lowest BCUT2D eigenvalue weighted by atomic mass is 9.78. The van der Waals surface area contributed by atoms with Crippen molar-refractivity contribution in [2.45, 2.75) is 57.9 Å². The topological polar surface area (TPSA) is 92.4 Å². The third-order valence-corrected chi connectivity index (χ3v) is 4.08. The highest BCUT2D eigenvalue weighted by Gasteiger charge is 2.37. The largest absolute Gasteiger partial charge is 0.481 e. The molecule has 0 saturated heterocycles. The molecule has 5 heteroatoms. The molecular formula is C14H26N2O3. The van der Waals surface area contributed by atoms with Gasteiger partial charge < -0.3 is 16.2 Å². The molecule has 1 rings (SSSR count). The minimum atomic E-state index is -0.851. The molecule has 1 saturated carbocycles. The molecule has 0 aromatic carbocycles. The number of carbonyl (C=O) groups excluding carboxylic acids is 1. The SMILES string of the molecule is CC(C)C(CN)C(=O)NC1(CC(=O)O)CCCCC1. The number of hydrogen-bond acceptors (Lipinski definition) is 3. The highest BCUT2D eigenvalue weighted by molar-refractivity contribution is 5.81. The van der Waals surface area contributed by atoms with E-state index >= 15 is 0 Å². The predicted molar refractivity (Wildman–Crippen MR) is 73.6 cm³/mol. The highest BCUT2D eigenvalue weighted by Crippen LogP contribution is 2.31. The van der Waals surface area contributed by atoms with Crippen LogP contribution in [0.3, 0.4) is 0 Å². The zero-order chi connectivity index (χ0) is 14.5. The van der Waals surface area contributed by atoms with Crippen molar-refractivity contribution in [3.05, 3.63) is 0 Å². The number of nitrogens with one attached hydrogen (secondary N) is 1. The van der Waals surface area contributed by atoms with Crippen molar-refractivity contribution >= 4 is 11.9 Å². The van der Waals surface area contributed by atoms with E-state index in [0.717, 1.165) is 32.1 Å². The lowest BCUT2D eigenvalue weighted by molar-refractivity contribution is -0.140. The molecule has 0 aliphatic heterocycles. The van der Waals surface area contributed by atoms with Crippen LogP contribution < -0.4 is 11.1 Å². The summed E-state index contributed by atoms with van der Waals surface area (Å²) in [4.78, 5) is 23.3. The second kappa shape index (κ2) is 6.89. The summed E-state index contributed by atoms with van der Waals surface area (Å²) < 4.78 is 0. The fourth-order valence-corrected chi connectivity index (χ4v) is 2.90. The highest BCUT2D eigenvalue weighted by atomic mass is 16.4. The zero-order valence-electron chi connectivity index (χ0n) is 11.9. The number of nitrogens with two attached hydrogens (primary N) is 1. The van der Waals surface area contributed by atoms with Crippen LogP contribution in [0, 0.1) is 11.8 Å². The summed E-state index contributed by atoms with van der Waals surface area (Å²) in [6, 6.07) is 0. The van der Waals surface area contributed by atoms with E-state index in [1.165, 1.54) is 0 Å². The number of hydrogen-bond donors (Lipinski definition) is 3. The number of rotatable bonds is 6. The van der Waals surface area contributed by atoms with Crippen LogP contribution in [-0.2, 0) is 9.59 Å². The summed E-state index contributed by atoms with van der Waals surface area (Å²) in [5.41, 5.74) is 5.08. The van der Waals surface area contributed by atoms with Gasteiger partial charge in [-0.05, 0) is 18.8 Å². The van der Waals surface area contributed by atoms with E-state index < -0.39 is 11.5 Å². The summed E-state index contributed by atoms with van der Waals surface area (Å²) in [5, 5.41) is 12.1. The molecule has 1 aliphatic rings. The molecule has 1 aliphatic carbocycles. The van der Waals surface area contributed by atoms with E-state index in [9.17, 15) is 9.59 Å². The number of carbonyl (C=O) groups is 2. The first-order valence-electron chi connectivity index (χ1n) is 7.14. The fourth-order valence-electron chi connectivity index (χ4n) is 2.90. The molecule has 5 nitrogen and oxygen atoms in total. The van der Waals surface area contributed by atoms with Gasteiger partial charge in [0.1, 0.15) is 0 Å². The van der Waals surface area contributed by atoms with Crippen LogP contribution >= 0.6 is 0 Å². The van der Waals surface area contributed by atoms with Gasteiger partial charge in [0.15, 0.2) is 0 Å². The Morgan fingerprint density at radius 3 is 2.26 bits per heavy atom. The Kier molecular flexibility index (Phi) is 5.79. The molecule has 19 heavy (non-hydrogen) atoms. The van der Waals surface area contributed by atoms with Crippen LogP contribution in [0.5, 0.6) is 0 Å². The average Bonchev–Trinajstić information content (AvgIpc) is 2.28. The minimum Gasteiger partial charge on any atom is -0.481 e. The first-order chi connectivity index (χ1) is 8.90. The molecule has 1 amide bonds. The maximum atomic E-state index is 12.3. The maximum absolute atomic E-state index is 12.3. The second-order valence-corrected chi connectivity index (χ2v) is 5.99. The average molecular weight is 270 g/mol. The Morgan fingerprint density at radius 2 is 1.84 bits per heavy atom. The molecule has 0 aromatic rings. The molecule has 1 fully saturated rings. The van der Waals surface area contributed by atoms with Crippen LogP contribution in [0.25, 0.3) is 0 Å². The normalized spacial score (nSPS) is 20.0. The molecule has 4 N–H and O–H groups in total. The molecule has 1 atom stereocenters. The van der Waals surface area contributed by atoms with Crippen LogP contribution in [0.15, 0.2) is 0 Å². The van der Waals surface area contributed by atoms with Crippen molar-refractivity contribution in [1.82, 2.24) is 5.32 Å². The molecule has 0 spiro atoms. The number of aliphatic carboxylic acids is 1. The lowest BCUT2D eigenvalue weighted by Gasteiger charge is -2.38. The standard InChI is InChI=1S/C14H26N2O3/c1-10(2)11(9-15)13(19)16-14(8-12(17)18)6-4-3-5-7-14/h10-11H,3-9,15H2,1-2H3,(H,16,19)(H,17,18). The van der Waals surface area contributed by atoms with Crippen LogP contribution in [0.4, 0.5) is 0 Å². The fraction of sp³-hybridized carbons (Fsp3) is 0.857. The molecular weight excluding hydrogens is 244 g/mol. The first kappa shape index (κ1) is 16.0. The van der Waals surface area contributed by atoms with Gasteiger partial charge in [0.25, 0.3) is 0 Å². The summed E-state index contributed by atoms with van der Waals surface area (Å²) in [5.74, 6) is -1.03. The Balaban J connectivity index is 2.76. The van der Waals surface area contributed by atoms with E-state index in [1.807, 2.05) is 13.8 Å². The predicted octanol–water partition coefficient (Wildman–Crippen LogP) is 1.51. The van der Waals surface area contributed by atoms with Crippen molar-refractivity contribution in [3.8, 4) is 0 Å². The maximum Gasteiger partial charge on any atom is 0.305 e. The van der Waals surface area contributed by atoms with Crippen LogP contribution in [-0.4, -0.2) is 29.1 Å². The number of carboxylic acids is 1. The second-order valence-electron chi connectivity index (χ2n) is 5.99. The van der Waals surface area contributed by atoms with Crippen molar-refractivity contribution in [2.24, 2.45) is 17.6 Å². The van der Waals surface area contributed by atoms with Crippen LogP contribution in [0.1, 0.15) is 52.4 Å². The minimum absolute atomic E-state index is 0.00806.